The van der Waals surface area contributed by atoms with Crippen LogP contribution in [0.5, 0.6) is 17.2 Å². The van der Waals surface area contributed by atoms with Crippen molar-refractivity contribution < 1.29 is 23.9 Å². The average molecular weight is 360 g/mol. The van der Waals surface area contributed by atoms with Crippen LogP contribution in [0.25, 0.3) is 0 Å². The van der Waals surface area contributed by atoms with E-state index >= 15 is 0 Å². The van der Waals surface area contributed by atoms with Gasteiger partial charge in [-0.1, -0.05) is 6.07 Å². The largest absolute Gasteiger partial charge is 0.493 e. The van der Waals surface area contributed by atoms with Gasteiger partial charge in [0, 0.05) is 18.7 Å². The Morgan fingerprint density at radius 3 is 2.35 bits per heavy atom. The first-order chi connectivity index (χ1) is 12.4. The summed E-state index contributed by atoms with van der Waals surface area (Å²) >= 11 is 0. The monoisotopic (exact) mass is 360 g/mol. The van der Waals surface area contributed by atoms with Crippen LogP contribution in [0, 0.1) is 10.1 Å². The quantitative estimate of drug-likeness (QED) is 0.574. The smallest absolute Gasteiger partial charge is 0.269 e. The summed E-state index contributed by atoms with van der Waals surface area (Å²) in [6.07, 6.45) is -0.753. The molecular formula is C18H20N2O6. The summed E-state index contributed by atoms with van der Waals surface area (Å²) in [7, 11) is 3.09. The molecule has 0 aliphatic rings. The van der Waals surface area contributed by atoms with Crippen LogP contribution in [0.4, 0.5) is 5.69 Å². The van der Waals surface area contributed by atoms with Crippen molar-refractivity contribution in [2.24, 2.45) is 0 Å². The van der Waals surface area contributed by atoms with Gasteiger partial charge in [-0.2, -0.15) is 0 Å². The van der Waals surface area contributed by atoms with Crippen molar-refractivity contribution in [1.29, 1.82) is 0 Å². The second kappa shape index (κ2) is 8.70. The number of carbonyl (C=O) groups is 1. The molecule has 0 heterocycles. The van der Waals surface area contributed by atoms with Gasteiger partial charge in [-0.15, -0.1) is 0 Å². The van der Waals surface area contributed by atoms with Crippen LogP contribution in [-0.2, 0) is 11.3 Å². The number of nitro groups is 1. The van der Waals surface area contributed by atoms with E-state index in [9.17, 15) is 14.9 Å². The highest BCUT2D eigenvalue weighted by Crippen LogP contribution is 2.27. The molecule has 2 aromatic rings. The van der Waals surface area contributed by atoms with E-state index in [-0.39, 0.29) is 11.6 Å². The Morgan fingerprint density at radius 1 is 1.12 bits per heavy atom. The van der Waals surface area contributed by atoms with E-state index in [1.807, 2.05) is 6.07 Å². The lowest BCUT2D eigenvalue weighted by molar-refractivity contribution is -0.384. The Hall–Kier alpha value is -3.29. The number of nitrogens with zero attached hydrogens (tertiary/aromatic N) is 1. The maximum absolute atomic E-state index is 12.2. The summed E-state index contributed by atoms with van der Waals surface area (Å²) in [5.74, 6) is 1.26. The summed E-state index contributed by atoms with van der Waals surface area (Å²) in [5, 5.41) is 13.4. The molecule has 2 aromatic carbocycles. The number of amides is 1. The van der Waals surface area contributed by atoms with Gasteiger partial charge in [0.15, 0.2) is 17.6 Å². The molecule has 138 valence electrons. The molecule has 26 heavy (non-hydrogen) atoms. The van der Waals surface area contributed by atoms with Gasteiger partial charge >= 0.3 is 0 Å². The molecule has 1 amide bonds. The highest BCUT2D eigenvalue weighted by atomic mass is 16.6. The van der Waals surface area contributed by atoms with Crippen molar-refractivity contribution in [3.63, 3.8) is 0 Å². The number of methoxy groups -OCH3 is 2. The van der Waals surface area contributed by atoms with E-state index in [4.69, 9.17) is 14.2 Å². The van der Waals surface area contributed by atoms with Crippen LogP contribution in [-0.4, -0.2) is 31.2 Å². The van der Waals surface area contributed by atoms with E-state index in [0.29, 0.717) is 23.8 Å². The highest BCUT2D eigenvalue weighted by molar-refractivity contribution is 5.80. The molecule has 1 atom stereocenters. The Labute approximate surface area is 150 Å². The first-order valence-electron chi connectivity index (χ1n) is 7.84. The van der Waals surface area contributed by atoms with Crippen molar-refractivity contribution in [3.05, 3.63) is 58.1 Å². The van der Waals surface area contributed by atoms with E-state index in [0.717, 1.165) is 5.56 Å². The number of rotatable bonds is 8. The molecule has 0 aliphatic heterocycles. The van der Waals surface area contributed by atoms with E-state index in [1.165, 1.54) is 24.3 Å². The maximum Gasteiger partial charge on any atom is 0.269 e. The first kappa shape index (κ1) is 19.0. The maximum atomic E-state index is 12.2. The van der Waals surface area contributed by atoms with Crippen LogP contribution in [0.3, 0.4) is 0 Å². The van der Waals surface area contributed by atoms with Crippen molar-refractivity contribution in [2.45, 2.75) is 19.6 Å². The molecule has 0 saturated carbocycles. The molecule has 1 unspecified atom stereocenters. The minimum atomic E-state index is -0.753. The second-order valence-electron chi connectivity index (χ2n) is 5.42. The molecule has 2 rings (SSSR count). The van der Waals surface area contributed by atoms with Crippen molar-refractivity contribution in [3.8, 4) is 17.2 Å². The van der Waals surface area contributed by atoms with Gasteiger partial charge in [0.25, 0.3) is 11.6 Å². The van der Waals surface area contributed by atoms with Crippen LogP contribution in [0.15, 0.2) is 42.5 Å². The first-order valence-corrected chi connectivity index (χ1v) is 7.84. The number of ether oxygens (including phenoxy) is 3. The van der Waals surface area contributed by atoms with Gasteiger partial charge in [0.05, 0.1) is 19.1 Å². The topological polar surface area (TPSA) is 99.9 Å². The molecule has 0 aromatic heterocycles. The predicted octanol–water partition coefficient (Wildman–Crippen LogP) is 2.70. The van der Waals surface area contributed by atoms with Gasteiger partial charge in [-0.3, -0.25) is 14.9 Å². The molecule has 1 N–H and O–H groups in total. The number of carbonyl (C=O) groups excluding carboxylic acids is 1. The Kier molecular flexibility index (Phi) is 6.37. The van der Waals surface area contributed by atoms with Gasteiger partial charge < -0.3 is 19.5 Å². The van der Waals surface area contributed by atoms with Crippen LogP contribution < -0.4 is 19.5 Å². The molecule has 0 saturated heterocycles. The third kappa shape index (κ3) is 4.85. The summed E-state index contributed by atoms with van der Waals surface area (Å²) in [5.41, 5.74) is 0.807. The zero-order chi connectivity index (χ0) is 19.1. The molecular weight excluding hydrogens is 340 g/mol. The molecule has 0 spiro atoms. The number of nitrogens with one attached hydrogen (secondary N) is 1. The van der Waals surface area contributed by atoms with Crippen LogP contribution in [0.1, 0.15) is 12.5 Å². The van der Waals surface area contributed by atoms with E-state index < -0.39 is 11.0 Å². The Bertz CT molecular complexity index is 776. The van der Waals surface area contributed by atoms with Crippen LogP contribution >= 0.6 is 0 Å². The summed E-state index contributed by atoms with van der Waals surface area (Å²) < 4.78 is 15.9. The fourth-order valence-electron chi connectivity index (χ4n) is 2.23. The second-order valence-corrected chi connectivity index (χ2v) is 5.42. The Morgan fingerprint density at radius 2 is 1.77 bits per heavy atom. The molecule has 0 aliphatic carbocycles. The SMILES string of the molecule is COc1ccc(CNC(=O)C(C)Oc2ccc([N+](=O)[O-])cc2)cc1OC. The highest BCUT2D eigenvalue weighted by Gasteiger charge is 2.15. The lowest BCUT2D eigenvalue weighted by Crippen LogP contribution is -2.35. The summed E-state index contributed by atoms with van der Waals surface area (Å²) in [4.78, 5) is 22.3. The third-order valence-corrected chi connectivity index (χ3v) is 3.64. The number of hydrogen-bond donors (Lipinski definition) is 1. The van der Waals surface area contributed by atoms with Gasteiger partial charge in [0.2, 0.25) is 0 Å². The van der Waals surface area contributed by atoms with Gasteiger partial charge in [-0.25, -0.2) is 0 Å². The van der Waals surface area contributed by atoms with E-state index in [1.54, 1.807) is 33.3 Å². The van der Waals surface area contributed by atoms with Crippen molar-refractivity contribution >= 4 is 11.6 Å². The lowest BCUT2D eigenvalue weighted by Gasteiger charge is -2.15. The average Bonchev–Trinajstić information content (AvgIpc) is 2.66. The lowest BCUT2D eigenvalue weighted by atomic mass is 10.2. The standard InChI is InChI=1S/C18H20N2O6/c1-12(26-15-7-5-14(6-8-15)20(22)23)18(21)19-11-13-4-9-16(24-2)17(10-13)25-3/h4-10,12H,11H2,1-3H3,(H,19,21). The van der Waals surface area contributed by atoms with Crippen LogP contribution in [0.2, 0.25) is 0 Å². The molecule has 8 heteroatoms. The summed E-state index contributed by atoms with van der Waals surface area (Å²) in [6, 6.07) is 10.9. The number of non-ortho nitro benzene ring substituents is 1. The van der Waals surface area contributed by atoms with Gasteiger partial charge in [-0.05, 0) is 36.8 Å². The van der Waals surface area contributed by atoms with Crippen molar-refractivity contribution in [1.82, 2.24) is 5.32 Å². The molecule has 0 fully saturated rings. The molecule has 0 bridgehead atoms. The molecule has 0 radical (unpaired) electrons. The minimum Gasteiger partial charge on any atom is -0.493 e. The normalized spacial score (nSPS) is 11.3. The fourth-order valence-corrected chi connectivity index (χ4v) is 2.23. The van der Waals surface area contributed by atoms with Gasteiger partial charge in [0.1, 0.15) is 5.75 Å². The fraction of sp³-hybridized carbons (Fsp3) is 0.278. The zero-order valence-corrected chi connectivity index (χ0v) is 14.7. The minimum absolute atomic E-state index is 0.0390. The predicted molar refractivity (Wildman–Crippen MR) is 94.6 cm³/mol. The van der Waals surface area contributed by atoms with E-state index in [2.05, 4.69) is 5.32 Å². The number of hydrogen-bond acceptors (Lipinski definition) is 6. The summed E-state index contributed by atoms with van der Waals surface area (Å²) in [6.45, 7) is 1.90. The Balaban J connectivity index is 1.91. The zero-order valence-electron chi connectivity index (χ0n) is 14.7. The number of benzene rings is 2. The molecule has 8 nitrogen and oxygen atoms in total. The number of nitro benzene ring substituents is 1. The van der Waals surface area contributed by atoms with Crippen molar-refractivity contribution in [2.75, 3.05) is 14.2 Å². The third-order valence-electron chi connectivity index (χ3n) is 3.64.